The number of carbonyl (C=O) groups excluding carboxylic acids is 2. The number of esters is 1. The number of Topliss-reactive ketones (excluding diaryl/α,β-unsaturated/α-hetero) is 1. The molecular formula is C8H11F3O3. The Morgan fingerprint density at radius 1 is 1.21 bits per heavy atom. The van der Waals surface area contributed by atoms with Crippen molar-refractivity contribution in [3.8, 4) is 0 Å². The van der Waals surface area contributed by atoms with Crippen molar-refractivity contribution in [2.24, 2.45) is 0 Å². The fourth-order valence-corrected chi connectivity index (χ4v) is 0.743. The average Bonchev–Trinajstić information content (AvgIpc) is 2.02. The van der Waals surface area contributed by atoms with Crippen LogP contribution < -0.4 is 0 Å². The van der Waals surface area contributed by atoms with Gasteiger partial charge in [-0.25, -0.2) is 4.79 Å². The highest BCUT2D eigenvalue weighted by Crippen LogP contribution is 2.16. The standard InChI is InChI=1S/C8H11F3O3/c1-2-3-6(12)4-5-14-7(13)8(9,10)11/h2-5H2,1H3. The van der Waals surface area contributed by atoms with Gasteiger partial charge in [0.15, 0.2) is 0 Å². The van der Waals surface area contributed by atoms with Gasteiger partial charge in [0.05, 0.1) is 6.61 Å². The van der Waals surface area contributed by atoms with Crippen LogP contribution in [-0.4, -0.2) is 24.5 Å². The summed E-state index contributed by atoms with van der Waals surface area (Å²) in [6, 6.07) is 0. The zero-order valence-electron chi connectivity index (χ0n) is 7.69. The number of ketones is 1. The SMILES string of the molecule is CCCC(=O)CCOC(=O)C(F)(F)F. The van der Waals surface area contributed by atoms with Crippen molar-refractivity contribution in [1.82, 2.24) is 0 Å². The largest absolute Gasteiger partial charge is 0.490 e. The van der Waals surface area contributed by atoms with Gasteiger partial charge in [0.2, 0.25) is 0 Å². The summed E-state index contributed by atoms with van der Waals surface area (Å²) < 4.78 is 38.5. The Kier molecular flexibility index (Phi) is 5.19. The summed E-state index contributed by atoms with van der Waals surface area (Å²) in [4.78, 5) is 20.9. The van der Waals surface area contributed by atoms with Crippen LogP contribution in [0.25, 0.3) is 0 Å². The van der Waals surface area contributed by atoms with Gasteiger partial charge in [-0.1, -0.05) is 6.92 Å². The first-order valence-electron chi connectivity index (χ1n) is 4.13. The van der Waals surface area contributed by atoms with Crippen molar-refractivity contribution in [3.05, 3.63) is 0 Å². The number of alkyl halides is 3. The van der Waals surface area contributed by atoms with Crippen LogP contribution in [0, 0.1) is 0 Å². The molecule has 0 aromatic carbocycles. The van der Waals surface area contributed by atoms with Gasteiger partial charge >= 0.3 is 12.1 Å². The lowest BCUT2D eigenvalue weighted by atomic mass is 10.2. The maximum absolute atomic E-state index is 11.6. The third kappa shape index (κ3) is 5.55. The summed E-state index contributed by atoms with van der Waals surface area (Å²) in [5, 5.41) is 0. The number of halogens is 3. The number of rotatable bonds is 5. The zero-order chi connectivity index (χ0) is 11.2. The molecule has 0 heterocycles. The number of carbonyl (C=O) groups is 2. The molecule has 3 nitrogen and oxygen atoms in total. The van der Waals surface area contributed by atoms with E-state index in [4.69, 9.17) is 0 Å². The Labute approximate surface area is 79.2 Å². The van der Waals surface area contributed by atoms with Crippen molar-refractivity contribution in [2.45, 2.75) is 32.4 Å². The van der Waals surface area contributed by atoms with Gasteiger partial charge in [-0.2, -0.15) is 13.2 Å². The Balaban J connectivity index is 3.65. The Morgan fingerprint density at radius 3 is 2.21 bits per heavy atom. The maximum Gasteiger partial charge on any atom is 0.490 e. The first-order chi connectivity index (χ1) is 6.38. The molecule has 0 aliphatic heterocycles. The molecule has 0 atom stereocenters. The van der Waals surface area contributed by atoms with Gasteiger partial charge in [0.25, 0.3) is 0 Å². The van der Waals surface area contributed by atoms with Crippen LogP contribution in [-0.2, 0) is 14.3 Å². The molecule has 82 valence electrons. The third-order valence-electron chi connectivity index (χ3n) is 1.37. The third-order valence-corrected chi connectivity index (χ3v) is 1.37. The molecule has 0 aromatic rings. The Hall–Kier alpha value is -1.07. The summed E-state index contributed by atoms with van der Waals surface area (Å²) in [5.74, 6) is -2.45. The van der Waals surface area contributed by atoms with E-state index >= 15 is 0 Å². The second-order valence-corrected chi connectivity index (χ2v) is 2.67. The molecule has 0 fully saturated rings. The number of hydrogen-bond donors (Lipinski definition) is 0. The van der Waals surface area contributed by atoms with Crippen molar-refractivity contribution in [2.75, 3.05) is 6.61 Å². The van der Waals surface area contributed by atoms with Gasteiger partial charge < -0.3 is 4.74 Å². The fourth-order valence-electron chi connectivity index (χ4n) is 0.743. The monoisotopic (exact) mass is 212 g/mol. The minimum atomic E-state index is -4.98. The van der Waals surface area contributed by atoms with E-state index in [0.29, 0.717) is 12.8 Å². The molecule has 0 spiro atoms. The van der Waals surface area contributed by atoms with E-state index in [0.717, 1.165) is 0 Å². The average molecular weight is 212 g/mol. The molecule has 0 aromatic heterocycles. The molecule has 0 aliphatic carbocycles. The van der Waals surface area contributed by atoms with Crippen molar-refractivity contribution in [3.63, 3.8) is 0 Å². The molecule has 0 saturated heterocycles. The molecule has 0 radical (unpaired) electrons. The molecule has 0 aliphatic rings. The lowest BCUT2D eigenvalue weighted by molar-refractivity contribution is -0.199. The quantitative estimate of drug-likeness (QED) is 0.653. The van der Waals surface area contributed by atoms with Crippen LogP contribution in [0.2, 0.25) is 0 Å². The fraction of sp³-hybridized carbons (Fsp3) is 0.750. The van der Waals surface area contributed by atoms with E-state index < -0.39 is 18.8 Å². The molecule has 0 N–H and O–H groups in total. The van der Waals surface area contributed by atoms with Crippen molar-refractivity contribution in [1.29, 1.82) is 0 Å². The molecule has 14 heavy (non-hydrogen) atoms. The summed E-state index contributed by atoms with van der Waals surface area (Å²) in [5.41, 5.74) is 0. The highest BCUT2D eigenvalue weighted by atomic mass is 19.4. The predicted octanol–water partition coefficient (Wildman–Crippen LogP) is 1.85. The van der Waals surface area contributed by atoms with Gasteiger partial charge in [0.1, 0.15) is 5.78 Å². The van der Waals surface area contributed by atoms with Gasteiger partial charge in [0, 0.05) is 12.8 Å². The normalized spacial score (nSPS) is 11.1. The van der Waals surface area contributed by atoms with Crippen LogP contribution >= 0.6 is 0 Å². The van der Waals surface area contributed by atoms with Crippen molar-refractivity contribution >= 4 is 11.8 Å². The summed E-state index contributed by atoms with van der Waals surface area (Å²) in [6.45, 7) is 1.27. The first kappa shape index (κ1) is 12.9. The molecule has 0 unspecified atom stereocenters. The minimum Gasteiger partial charge on any atom is -0.459 e. The molecule has 0 saturated carbocycles. The number of ether oxygens (including phenoxy) is 1. The van der Waals surface area contributed by atoms with Crippen LogP contribution in [0.3, 0.4) is 0 Å². The van der Waals surface area contributed by atoms with Crippen molar-refractivity contribution < 1.29 is 27.5 Å². The zero-order valence-corrected chi connectivity index (χ0v) is 7.69. The Bertz CT molecular complexity index is 210. The predicted molar refractivity (Wildman–Crippen MR) is 41.5 cm³/mol. The highest BCUT2D eigenvalue weighted by Gasteiger charge is 2.40. The molecule has 6 heteroatoms. The smallest absolute Gasteiger partial charge is 0.459 e. The number of hydrogen-bond acceptors (Lipinski definition) is 3. The topological polar surface area (TPSA) is 43.4 Å². The summed E-state index contributed by atoms with van der Waals surface area (Å²) >= 11 is 0. The van der Waals surface area contributed by atoms with E-state index in [2.05, 4.69) is 4.74 Å². The van der Waals surface area contributed by atoms with Crippen LogP contribution in [0.1, 0.15) is 26.2 Å². The van der Waals surface area contributed by atoms with Crippen LogP contribution in [0.4, 0.5) is 13.2 Å². The molecular weight excluding hydrogens is 201 g/mol. The van der Waals surface area contributed by atoms with E-state index in [-0.39, 0.29) is 12.2 Å². The van der Waals surface area contributed by atoms with E-state index in [1.807, 2.05) is 0 Å². The minimum absolute atomic E-state index is 0.157. The van der Waals surface area contributed by atoms with Gasteiger partial charge in [-0.3, -0.25) is 4.79 Å². The lowest BCUT2D eigenvalue weighted by Crippen LogP contribution is -2.26. The molecule has 0 bridgehead atoms. The summed E-state index contributed by atoms with van der Waals surface area (Å²) in [6.07, 6.45) is -4.21. The van der Waals surface area contributed by atoms with Crippen LogP contribution in [0.15, 0.2) is 0 Å². The van der Waals surface area contributed by atoms with Crippen LogP contribution in [0.5, 0.6) is 0 Å². The molecule has 0 rings (SSSR count). The second-order valence-electron chi connectivity index (χ2n) is 2.67. The highest BCUT2D eigenvalue weighted by molar-refractivity contribution is 5.79. The molecule has 0 amide bonds. The van der Waals surface area contributed by atoms with E-state index in [9.17, 15) is 22.8 Å². The van der Waals surface area contributed by atoms with E-state index in [1.54, 1.807) is 6.92 Å². The van der Waals surface area contributed by atoms with Gasteiger partial charge in [-0.05, 0) is 6.42 Å². The first-order valence-corrected chi connectivity index (χ1v) is 4.13. The lowest BCUT2D eigenvalue weighted by Gasteiger charge is -2.06. The Morgan fingerprint density at radius 2 is 1.79 bits per heavy atom. The van der Waals surface area contributed by atoms with E-state index in [1.165, 1.54) is 0 Å². The maximum atomic E-state index is 11.6. The van der Waals surface area contributed by atoms with Gasteiger partial charge in [-0.15, -0.1) is 0 Å². The second kappa shape index (κ2) is 5.62. The summed E-state index contributed by atoms with van der Waals surface area (Å²) in [7, 11) is 0.